The maximum atomic E-state index is 12.3. The maximum absolute atomic E-state index is 12.3. The summed E-state index contributed by atoms with van der Waals surface area (Å²) >= 11 is 0. The van der Waals surface area contributed by atoms with E-state index >= 15 is 0 Å². The lowest BCUT2D eigenvalue weighted by atomic mass is 10.1. The predicted molar refractivity (Wildman–Crippen MR) is 91.9 cm³/mol. The molecule has 1 heterocycles. The Bertz CT molecular complexity index is 988. The third-order valence-corrected chi connectivity index (χ3v) is 3.89. The van der Waals surface area contributed by atoms with Gasteiger partial charge in [0.25, 0.3) is 0 Å². The number of hydrogen-bond acceptors (Lipinski definition) is 5. The molecule has 0 spiro atoms. The average Bonchev–Trinajstić information content (AvgIpc) is 2.54. The fraction of sp³-hybridized carbons (Fsp3) is 0.158. The monoisotopic (exact) mass is 323 g/mol. The van der Waals surface area contributed by atoms with Gasteiger partial charge in [-0.05, 0) is 37.1 Å². The summed E-state index contributed by atoms with van der Waals surface area (Å²) in [6.07, 6.45) is 0. The van der Waals surface area contributed by atoms with Crippen LogP contribution in [-0.2, 0) is 11.3 Å². The highest BCUT2D eigenvalue weighted by atomic mass is 16.5. The molecule has 0 radical (unpaired) electrons. The number of nitrogen functional groups attached to an aromatic ring is 1. The van der Waals surface area contributed by atoms with Crippen molar-refractivity contribution >= 4 is 22.6 Å². The summed E-state index contributed by atoms with van der Waals surface area (Å²) in [6, 6.07) is 12.1. The molecule has 0 saturated heterocycles. The van der Waals surface area contributed by atoms with Crippen molar-refractivity contribution in [2.75, 3.05) is 5.73 Å². The zero-order valence-corrected chi connectivity index (χ0v) is 13.5. The van der Waals surface area contributed by atoms with Gasteiger partial charge in [-0.15, -0.1) is 0 Å². The Morgan fingerprint density at radius 1 is 1.17 bits per heavy atom. The van der Waals surface area contributed by atoms with Gasteiger partial charge in [-0.1, -0.05) is 24.3 Å². The van der Waals surface area contributed by atoms with Crippen molar-refractivity contribution in [3.05, 3.63) is 75.1 Å². The van der Waals surface area contributed by atoms with Crippen LogP contribution < -0.4 is 11.4 Å². The Morgan fingerprint density at radius 2 is 1.96 bits per heavy atom. The van der Waals surface area contributed by atoms with E-state index in [2.05, 4.69) is 0 Å². The molecule has 0 aliphatic heterocycles. The molecule has 0 atom stereocenters. The molecule has 0 saturated carbocycles. The normalized spacial score (nSPS) is 10.8. The van der Waals surface area contributed by atoms with Crippen LogP contribution in [0, 0.1) is 13.8 Å². The minimum atomic E-state index is -0.523. The minimum absolute atomic E-state index is 0.0304. The van der Waals surface area contributed by atoms with E-state index in [1.807, 2.05) is 32.0 Å². The van der Waals surface area contributed by atoms with Crippen LogP contribution >= 0.6 is 0 Å². The molecular weight excluding hydrogens is 306 g/mol. The van der Waals surface area contributed by atoms with E-state index in [0.29, 0.717) is 22.4 Å². The molecule has 5 heteroatoms. The second-order valence-corrected chi connectivity index (χ2v) is 5.70. The quantitative estimate of drug-likeness (QED) is 0.454. The smallest absolute Gasteiger partial charge is 0.340 e. The molecule has 0 aliphatic carbocycles. The lowest BCUT2D eigenvalue weighted by molar-refractivity contribution is 0.0475. The summed E-state index contributed by atoms with van der Waals surface area (Å²) in [5, 5.41) is 0.741. The van der Waals surface area contributed by atoms with Crippen LogP contribution in [0.25, 0.3) is 11.0 Å². The first-order valence-electron chi connectivity index (χ1n) is 7.51. The number of nitrogens with two attached hydrogens (primary N) is 1. The molecule has 3 rings (SSSR count). The Balaban J connectivity index is 1.89. The number of carbonyl (C=O) groups is 1. The standard InChI is InChI=1S/C19H17NO4/c1-11-6-7-14-13(9-17(21)24-16(14)8-11)10-23-19(22)15-5-3-4-12(2)18(15)20/h3-9H,10,20H2,1-2H3. The number of rotatable bonds is 3. The van der Waals surface area contributed by atoms with Crippen molar-refractivity contribution in [2.45, 2.75) is 20.5 Å². The predicted octanol–water partition coefficient (Wildman–Crippen LogP) is 3.35. The number of fused-ring (bicyclic) bond motifs is 1. The summed E-state index contributed by atoms with van der Waals surface area (Å²) in [4.78, 5) is 24.0. The van der Waals surface area contributed by atoms with Gasteiger partial charge in [0, 0.05) is 22.7 Å². The van der Waals surface area contributed by atoms with Crippen LogP contribution in [0.2, 0.25) is 0 Å². The summed E-state index contributed by atoms with van der Waals surface area (Å²) in [5.41, 5.74) is 9.02. The lowest BCUT2D eigenvalue weighted by Gasteiger charge is -2.10. The number of benzene rings is 2. The van der Waals surface area contributed by atoms with Crippen LogP contribution in [0.5, 0.6) is 0 Å². The number of esters is 1. The molecule has 122 valence electrons. The Morgan fingerprint density at radius 3 is 2.75 bits per heavy atom. The fourth-order valence-corrected chi connectivity index (χ4v) is 2.54. The molecule has 5 nitrogen and oxygen atoms in total. The molecule has 0 bridgehead atoms. The van der Waals surface area contributed by atoms with Gasteiger partial charge in [-0.25, -0.2) is 9.59 Å². The summed E-state index contributed by atoms with van der Waals surface area (Å²) in [6.45, 7) is 3.70. The van der Waals surface area contributed by atoms with E-state index in [1.165, 1.54) is 6.07 Å². The van der Waals surface area contributed by atoms with Gasteiger partial charge in [0.05, 0.1) is 5.56 Å². The molecule has 1 aromatic heterocycles. The number of para-hydroxylation sites is 1. The van der Waals surface area contributed by atoms with Crippen molar-refractivity contribution < 1.29 is 13.9 Å². The van der Waals surface area contributed by atoms with Crippen LogP contribution in [0.1, 0.15) is 27.0 Å². The number of carbonyl (C=O) groups excluding carboxylic acids is 1. The molecule has 0 fully saturated rings. The fourth-order valence-electron chi connectivity index (χ4n) is 2.54. The van der Waals surface area contributed by atoms with Gasteiger partial charge >= 0.3 is 11.6 Å². The number of hydrogen-bond donors (Lipinski definition) is 1. The van der Waals surface area contributed by atoms with Crippen molar-refractivity contribution in [1.82, 2.24) is 0 Å². The van der Waals surface area contributed by atoms with Gasteiger partial charge in [0.15, 0.2) is 0 Å². The van der Waals surface area contributed by atoms with Crippen LogP contribution in [0.3, 0.4) is 0 Å². The Hall–Kier alpha value is -3.08. The Labute approximate surface area is 138 Å². The molecule has 0 unspecified atom stereocenters. The molecule has 3 aromatic rings. The van der Waals surface area contributed by atoms with E-state index in [9.17, 15) is 9.59 Å². The van der Waals surface area contributed by atoms with Crippen molar-refractivity contribution in [1.29, 1.82) is 0 Å². The lowest BCUT2D eigenvalue weighted by Crippen LogP contribution is -2.10. The number of aryl methyl sites for hydroxylation is 2. The van der Waals surface area contributed by atoms with E-state index in [-0.39, 0.29) is 6.61 Å². The summed E-state index contributed by atoms with van der Waals surface area (Å²) in [5.74, 6) is -0.523. The zero-order chi connectivity index (χ0) is 17.3. The average molecular weight is 323 g/mol. The van der Waals surface area contributed by atoms with Crippen molar-refractivity contribution in [3.8, 4) is 0 Å². The largest absolute Gasteiger partial charge is 0.457 e. The van der Waals surface area contributed by atoms with E-state index in [1.54, 1.807) is 18.2 Å². The minimum Gasteiger partial charge on any atom is -0.457 e. The first kappa shape index (κ1) is 15.8. The third kappa shape index (κ3) is 3.01. The van der Waals surface area contributed by atoms with Gasteiger partial charge in [-0.2, -0.15) is 0 Å². The highest BCUT2D eigenvalue weighted by molar-refractivity contribution is 5.95. The molecular formula is C19H17NO4. The van der Waals surface area contributed by atoms with Gasteiger partial charge < -0.3 is 14.9 Å². The third-order valence-electron chi connectivity index (χ3n) is 3.89. The topological polar surface area (TPSA) is 82.5 Å². The SMILES string of the molecule is Cc1ccc2c(COC(=O)c3cccc(C)c3N)cc(=O)oc2c1. The Kier molecular flexibility index (Phi) is 4.08. The summed E-state index contributed by atoms with van der Waals surface area (Å²) in [7, 11) is 0. The van der Waals surface area contributed by atoms with Crippen molar-refractivity contribution in [2.24, 2.45) is 0 Å². The maximum Gasteiger partial charge on any atom is 0.340 e. The first-order valence-corrected chi connectivity index (χ1v) is 7.51. The molecule has 24 heavy (non-hydrogen) atoms. The highest BCUT2D eigenvalue weighted by Crippen LogP contribution is 2.21. The van der Waals surface area contributed by atoms with Gasteiger partial charge in [-0.3, -0.25) is 0 Å². The summed E-state index contributed by atoms with van der Waals surface area (Å²) < 4.78 is 10.5. The van der Waals surface area contributed by atoms with E-state index in [0.717, 1.165) is 16.5 Å². The zero-order valence-electron chi connectivity index (χ0n) is 13.5. The number of ether oxygens (including phenoxy) is 1. The first-order chi connectivity index (χ1) is 11.5. The van der Waals surface area contributed by atoms with E-state index < -0.39 is 11.6 Å². The molecule has 2 aromatic carbocycles. The van der Waals surface area contributed by atoms with Crippen LogP contribution in [-0.4, -0.2) is 5.97 Å². The number of anilines is 1. The second-order valence-electron chi connectivity index (χ2n) is 5.70. The second kappa shape index (κ2) is 6.20. The molecule has 0 aliphatic rings. The highest BCUT2D eigenvalue weighted by Gasteiger charge is 2.14. The van der Waals surface area contributed by atoms with Gasteiger partial charge in [0.2, 0.25) is 0 Å². The van der Waals surface area contributed by atoms with Crippen LogP contribution in [0.15, 0.2) is 51.7 Å². The van der Waals surface area contributed by atoms with Gasteiger partial charge in [0.1, 0.15) is 12.2 Å². The van der Waals surface area contributed by atoms with Crippen molar-refractivity contribution in [3.63, 3.8) is 0 Å². The molecule has 2 N–H and O–H groups in total. The molecule has 0 amide bonds. The van der Waals surface area contributed by atoms with E-state index in [4.69, 9.17) is 14.9 Å². The van der Waals surface area contributed by atoms with Crippen LogP contribution in [0.4, 0.5) is 5.69 Å².